The minimum atomic E-state index is -0.0155. The van der Waals surface area contributed by atoms with Crippen molar-refractivity contribution in [1.29, 1.82) is 0 Å². The van der Waals surface area contributed by atoms with E-state index in [0.29, 0.717) is 0 Å². The molecule has 0 amide bonds. The highest BCUT2D eigenvalue weighted by atomic mass is 35.5. The van der Waals surface area contributed by atoms with Crippen LogP contribution >= 0.6 is 11.6 Å². The fraction of sp³-hybridized carbons (Fsp3) is 0.471. The molecule has 0 saturated heterocycles. The number of hydrogen-bond donors (Lipinski definition) is 0. The third-order valence-electron chi connectivity index (χ3n) is 4.27. The Morgan fingerprint density at radius 1 is 1.38 bits per heavy atom. The molecule has 112 valence electrons. The van der Waals surface area contributed by atoms with Crippen molar-refractivity contribution in [2.24, 2.45) is 0 Å². The molecule has 2 heterocycles. The number of alkyl halides is 1. The summed E-state index contributed by atoms with van der Waals surface area (Å²) in [6.45, 7) is 7.62. The second kappa shape index (κ2) is 5.82. The highest BCUT2D eigenvalue weighted by Gasteiger charge is 2.23. The molecule has 0 fully saturated rings. The minimum absolute atomic E-state index is 0.0155. The van der Waals surface area contributed by atoms with Crippen LogP contribution in [-0.2, 0) is 17.7 Å². The summed E-state index contributed by atoms with van der Waals surface area (Å²) in [5.74, 6) is 0. The largest absolute Gasteiger partial charge is 0.371 e. The van der Waals surface area contributed by atoms with Crippen LogP contribution in [0.4, 0.5) is 0 Å². The van der Waals surface area contributed by atoms with Gasteiger partial charge in [0, 0.05) is 11.3 Å². The zero-order chi connectivity index (χ0) is 15.0. The molecule has 2 atom stereocenters. The number of ether oxygens (including phenoxy) is 1. The molecule has 3 nitrogen and oxygen atoms in total. The Morgan fingerprint density at radius 3 is 2.86 bits per heavy atom. The summed E-state index contributed by atoms with van der Waals surface area (Å²) < 4.78 is 8.02. The molecule has 3 rings (SSSR count). The van der Waals surface area contributed by atoms with Gasteiger partial charge in [-0.05, 0) is 38.3 Å². The maximum absolute atomic E-state index is 6.27. The van der Waals surface area contributed by atoms with Crippen LogP contribution in [0.5, 0.6) is 0 Å². The highest BCUT2D eigenvalue weighted by molar-refractivity contribution is 6.20. The van der Waals surface area contributed by atoms with E-state index in [1.54, 1.807) is 0 Å². The van der Waals surface area contributed by atoms with E-state index in [0.717, 1.165) is 36.5 Å². The summed E-state index contributed by atoms with van der Waals surface area (Å²) in [5, 5.41) is 4.64. The third kappa shape index (κ3) is 2.72. The van der Waals surface area contributed by atoms with Crippen LogP contribution in [0, 0.1) is 13.8 Å². The van der Waals surface area contributed by atoms with Gasteiger partial charge in [-0.15, -0.1) is 11.6 Å². The predicted molar refractivity (Wildman–Crippen MR) is 84.8 cm³/mol. The molecule has 0 aliphatic carbocycles. The molecule has 2 unspecified atom stereocenters. The monoisotopic (exact) mass is 304 g/mol. The molecule has 1 aliphatic rings. The van der Waals surface area contributed by atoms with Crippen molar-refractivity contribution in [3.8, 4) is 0 Å². The summed E-state index contributed by atoms with van der Waals surface area (Å²) in [6.07, 6.45) is 1.07. The third-order valence-corrected chi connectivity index (χ3v) is 4.48. The highest BCUT2D eigenvalue weighted by Crippen LogP contribution is 2.31. The van der Waals surface area contributed by atoms with Gasteiger partial charge in [0.1, 0.15) is 6.10 Å². The van der Waals surface area contributed by atoms with Crippen LogP contribution in [0.2, 0.25) is 0 Å². The fourth-order valence-electron chi connectivity index (χ4n) is 3.25. The van der Waals surface area contributed by atoms with Gasteiger partial charge >= 0.3 is 0 Å². The summed E-state index contributed by atoms with van der Waals surface area (Å²) >= 11 is 6.27. The second-order valence-corrected chi connectivity index (χ2v) is 6.35. The van der Waals surface area contributed by atoms with Crippen molar-refractivity contribution in [1.82, 2.24) is 9.78 Å². The lowest BCUT2D eigenvalue weighted by Gasteiger charge is -2.26. The smallest absolute Gasteiger partial charge is 0.102 e. The molecule has 0 N–H and O–H groups in total. The number of benzene rings is 1. The van der Waals surface area contributed by atoms with Gasteiger partial charge in [-0.2, -0.15) is 5.10 Å². The SMILES string of the molecule is Cc1nn(CC2OCCc3ccccc32)c(C)c1C(C)Cl. The Balaban J connectivity index is 1.90. The molecule has 1 aromatic heterocycles. The summed E-state index contributed by atoms with van der Waals surface area (Å²) in [7, 11) is 0. The first kappa shape index (κ1) is 14.6. The summed E-state index contributed by atoms with van der Waals surface area (Å²) in [5.41, 5.74) is 5.97. The van der Waals surface area contributed by atoms with Gasteiger partial charge in [0.15, 0.2) is 0 Å². The average molecular weight is 305 g/mol. The average Bonchev–Trinajstić information content (AvgIpc) is 2.74. The summed E-state index contributed by atoms with van der Waals surface area (Å²) in [4.78, 5) is 0. The number of fused-ring (bicyclic) bond motifs is 1. The Hall–Kier alpha value is -1.32. The quantitative estimate of drug-likeness (QED) is 0.798. The standard InChI is InChI=1S/C17H21ClN2O/c1-11(18)17-12(2)19-20(13(17)3)10-16-15-7-5-4-6-14(15)8-9-21-16/h4-7,11,16H,8-10H2,1-3H3. The second-order valence-electron chi connectivity index (χ2n) is 5.69. The van der Waals surface area contributed by atoms with Crippen LogP contribution in [-0.4, -0.2) is 16.4 Å². The first-order valence-electron chi connectivity index (χ1n) is 7.45. The number of rotatable bonds is 3. The number of halogens is 1. The molecule has 21 heavy (non-hydrogen) atoms. The lowest BCUT2D eigenvalue weighted by molar-refractivity contribution is 0.0278. The normalized spacial score (nSPS) is 19.3. The van der Waals surface area contributed by atoms with Crippen LogP contribution < -0.4 is 0 Å². The Labute approximate surface area is 130 Å². The lowest BCUT2D eigenvalue weighted by atomic mass is 9.97. The van der Waals surface area contributed by atoms with Crippen molar-refractivity contribution < 1.29 is 4.74 Å². The lowest BCUT2D eigenvalue weighted by Crippen LogP contribution is -2.21. The first-order valence-corrected chi connectivity index (χ1v) is 7.89. The van der Waals surface area contributed by atoms with Crippen molar-refractivity contribution >= 4 is 11.6 Å². The maximum atomic E-state index is 6.27. The minimum Gasteiger partial charge on any atom is -0.371 e. The molecule has 0 bridgehead atoms. The van der Waals surface area contributed by atoms with E-state index in [4.69, 9.17) is 16.3 Å². The van der Waals surface area contributed by atoms with Crippen LogP contribution in [0.3, 0.4) is 0 Å². The van der Waals surface area contributed by atoms with Crippen molar-refractivity contribution in [2.45, 2.75) is 45.2 Å². The molecule has 0 spiro atoms. The molecular weight excluding hydrogens is 284 g/mol. The Morgan fingerprint density at radius 2 is 2.14 bits per heavy atom. The number of aromatic nitrogens is 2. The Bertz CT molecular complexity index is 648. The van der Waals surface area contributed by atoms with Crippen molar-refractivity contribution in [3.63, 3.8) is 0 Å². The van der Waals surface area contributed by atoms with Gasteiger partial charge in [0.05, 0.1) is 24.2 Å². The number of hydrogen-bond acceptors (Lipinski definition) is 2. The van der Waals surface area contributed by atoms with Crippen LogP contribution in [0.15, 0.2) is 24.3 Å². The van der Waals surface area contributed by atoms with E-state index in [9.17, 15) is 0 Å². The number of aryl methyl sites for hydroxylation is 1. The van der Waals surface area contributed by atoms with Crippen molar-refractivity contribution in [2.75, 3.05) is 6.61 Å². The van der Waals surface area contributed by atoms with Gasteiger partial charge in [-0.25, -0.2) is 0 Å². The fourth-order valence-corrected chi connectivity index (χ4v) is 3.57. The zero-order valence-electron chi connectivity index (χ0n) is 12.8. The van der Waals surface area contributed by atoms with E-state index >= 15 is 0 Å². The van der Waals surface area contributed by atoms with E-state index in [-0.39, 0.29) is 11.5 Å². The predicted octanol–water partition coefficient (Wildman–Crippen LogP) is 4.11. The van der Waals surface area contributed by atoms with Crippen LogP contribution in [0.1, 0.15) is 46.5 Å². The molecular formula is C17H21ClN2O. The maximum Gasteiger partial charge on any atom is 0.102 e. The molecule has 1 aliphatic heterocycles. The molecule has 0 radical (unpaired) electrons. The van der Waals surface area contributed by atoms with E-state index in [1.165, 1.54) is 11.1 Å². The number of nitrogens with zero attached hydrogens (tertiary/aromatic N) is 2. The van der Waals surface area contributed by atoms with Gasteiger partial charge < -0.3 is 4.74 Å². The summed E-state index contributed by atoms with van der Waals surface area (Å²) in [6, 6.07) is 8.53. The Kier molecular flexibility index (Phi) is 4.05. The van der Waals surface area contributed by atoms with E-state index in [1.807, 2.05) is 18.5 Å². The molecule has 1 aromatic carbocycles. The topological polar surface area (TPSA) is 27.1 Å². The van der Waals surface area contributed by atoms with Crippen molar-refractivity contribution in [3.05, 3.63) is 52.3 Å². The van der Waals surface area contributed by atoms with Gasteiger partial charge in [0.2, 0.25) is 0 Å². The zero-order valence-corrected chi connectivity index (χ0v) is 13.5. The van der Waals surface area contributed by atoms with Gasteiger partial charge in [0.25, 0.3) is 0 Å². The van der Waals surface area contributed by atoms with Gasteiger partial charge in [-0.1, -0.05) is 24.3 Å². The van der Waals surface area contributed by atoms with Gasteiger partial charge in [-0.3, -0.25) is 4.68 Å². The van der Waals surface area contributed by atoms with E-state index in [2.05, 4.69) is 36.3 Å². The molecule has 2 aromatic rings. The van der Waals surface area contributed by atoms with Crippen LogP contribution in [0.25, 0.3) is 0 Å². The van der Waals surface area contributed by atoms with E-state index < -0.39 is 0 Å². The molecule has 0 saturated carbocycles. The first-order chi connectivity index (χ1) is 10.1. The molecule has 4 heteroatoms.